The average Bonchev–Trinajstić information content (AvgIpc) is 3.79. The van der Waals surface area contributed by atoms with Crippen LogP contribution < -0.4 is 10.6 Å². The smallest absolute Gasteiger partial charge is 0.394 e. The summed E-state index contributed by atoms with van der Waals surface area (Å²) in [5, 5.41) is 15.7. The Balaban J connectivity index is 1.03. The van der Waals surface area contributed by atoms with E-state index in [-0.39, 0.29) is 32.0 Å². The Hall–Kier alpha value is -3.73. The van der Waals surface area contributed by atoms with Gasteiger partial charge in [0.2, 0.25) is 0 Å². The number of nitrogens with zero attached hydrogens (tertiary/aromatic N) is 8. The first kappa shape index (κ1) is 28.4. The van der Waals surface area contributed by atoms with E-state index in [1.54, 1.807) is 6.33 Å². The molecule has 4 aromatic heterocycles. The molecule has 2 fully saturated rings. The molecule has 2 aliphatic heterocycles. The van der Waals surface area contributed by atoms with E-state index < -0.39 is 26.8 Å². The van der Waals surface area contributed by atoms with Crippen molar-refractivity contribution in [1.82, 2.24) is 39.0 Å². The third kappa shape index (κ3) is 5.92. The van der Waals surface area contributed by atoms with E-state index in [1.165, 1.54) is 23.5 Å². The number of hydrogen-bond donors (Lipinski definition) is 4. The molecule has 16 nitrogen and oxygen atoms in total. The van der Waals surface area contributed by atoms with Gasteiger partial charge in [0.15, 0.2) is 40.2 Å². The minimum absolute atomic E-state index is 0.0456. The van der Waals surface area contributed by atoms with Gasteiger partial charge in [0, 0.05) is 24.1 Å². The first-order valence-electron chi connectivity index (χ1n) is 13.3. The number of rotatable bonds is 12. The molecule has 1 unspecified atom stereocenters. The average molecular weight is 604 g/mol. The molecule has 222 valence electrons. The van der Waals surface area contributed by atoms with E-state index in [9.17, 15) is 14.1 Å². The zero-order valence-corrected chi connectivity index (χ0v) is 23.1. The monoisotopic (exact) mass is 603 g/mol. The summed E-state index contributed by atoms with van der Waals surface area (Å²) in [6.07, 6.45) is 7.93. The summed E-state index contributed by atoms with van der Waals surface area (Å²) in [5.74, 6) is 1.07. The molecule has 0 bridgehead atoms. The molecule has 6 atom stereocenters. The predicted octanol–water partition coefficient (Wildman–Crippen LogP) is 2.01. The number of alkyl halides is 1. The Labute approximate surface area is 238 Å². The Bertz CT molecular complexity index is 1590. The van der Waals surface area contributed by atoms with Gasteiger partial charge in [-0.3, -0.25) is 9.13 Å². The van der Waals surface area contributed by atoms with Crippen molar-refractivity contribution in [2.45, 2.75) is 50.1 Å². The van der Waals surface area contributed by atoms with E-state index in [2.05, 4.69) is 40.5 Å². The van der Waals surface area contributed by atoms with Gasteiger partial charge in [0.05, 0.1) is 31.5 Å². The van der Waals surface area contributed by atoms with Crippen LogP contribution in [0.1, 0.15) is 31.7 Å². The molecule has 6 heterocycles. The van der Waals surface area contributed by atoms with Crippen molar-refractivity contribution >= 4 is 42.2 Å². The van der Waals surface area contributed by atoms with Crippen molar-refractivity contribution in [2.75, 3.05) is 36.9 Å². The van der Waals surface area contributed by atoms with Crippen LogP contribution in [-0.4, -0.2) is 93.7 Å². The Kier molecular flexibility index (Phi) is 8.55. The number of fused-ring (bicyclic) bond motifs is 2. The Morgan fingerprint density at radius 1 is 0.952 bits per heavy atom. The molecule has 0 radical (unpaired) electrons. The van der Waals surface area contributed by atoms with Crippen molar-refractivity contribution in [2.24, 2.45) is 0 Å². The SMILES string of the molecule is O=[P+](O)OC[C@@H]1CC[C@H](n2cnc3c(NC/C=C/CNc4ncnc5c4ncn5[C@@H]4O[C@H](CO)C[C@H]4F)ncnc32)O1. The molecule has 2 aliphatic rings. The topological polar surface area (TPSA) is 196 Å². The van der Waals surface area contributed by atoms with Crippen molar-refractivity contribution in [3.8, 4) is 0 Å². The lowest BCUT2D eigenvalue weighted by molar-refractivity contribution is -0.0351. The number of ether oxygens (including phenoxy) is 2. The largest absolute Gasteiger partial charge is 0.694 e. The zero-order valence-electron chi connectivity index (χ0n) is 22.2. The van der Waals surface area contributed by atoms with Crippen molar-refractivity contribution in [3.05, 3.63) is 37.5 Å². The molecule has 0 aliphatic carbocycles. The number of nitrogens with one attached hydrogen (secondary N) is 2. The maximum absolute atomic E-state index is 14.5. The van der Waals surface area contributed by atoms with Crippen LogP contribution in [-0.2, 0) is 18.6 Å². The van der Waals surface area contributed by atoms with Crippen LogP contribution in [0.25, 0.3) is 22.3 Å². The number of anilines is 2. The van der Waals surface area contributed by atoms with Crippen molar-refractivity contribution in [3.63, 3.8) is 0 Å². The standard InChI is InChI=1S/C24H28FN10O6P/c25-16-7-15(8-36)41-24(16)35-13-33-19-21(29-11-31-23(19)35)27-6-2-1-5-26-20-18-22(30-10-28-20)34(12-32-18)17-4-3-14(40-17)9-39-42(37)38/h1-2,10-17,24,36H,3-9H2,(H2-,26,27,28,29,30,31,37,38)/p+1/b2-1+/t14-,15-,16+,17+,24+/m0/s1. The van der Waals surface area contributed by atoms with E-state index in [1.807, 2.05) is 16.7 Å². The second kappa shape index (κ2) is 12.6. The molecule has 0 aromatic carbocycles. The van der Waals surface area contributed by atoms with Crippen LogP contribution in [0, 0.1) is 0 Å². The summed E-state index contributed by atoms with van der Waals surface area (Å²) in [5.41, 5.74) is 2.13. The number of aromatic nitrogens is 8. The van der Waals surface area contributed by atoms with E-state index >= 15 is 0 Å². The minimum Gasteiger partial charge on any atom is -0.394 e. The van der Waals surface area contributed by atoms with Crippen LogP contribution in [0.3, 0.4) is 0 Å². The molecule has 0 saturated carbocycles. The van der Waals surface area contributed by atoms with Crippen LogP contribution in [0.2, 0.25) is 0 Å². The molecule has 6 rings (SSSR count). The van der Waals surface area contributed by atoms with Crippen molar-refractivity contribution < 1.29 is 33.0 Å². The van der Waals surface area contributed by atoms with Crippen LogP contribution >= 0.6 is 8.25 Å². The van der Waals surface area contributed by atoms with Gasteiger partial charge in [-0.05, 0) is 12.8 Å². The Morgan fingerprint density at radius 3 is 2.21 bits per heavy atom. The van der Waals surface area contributed by atoms with Gasteiger partial charge in [-0.2, -0.15) is 0 Å². The third-order valence-electron chi connectivity index (χ3n) is 7.03. The molecule has 0 spiro atoms. The third-order valence-corrected chi connectivity index (χ3v) is 7.40. The maximum Gasteiger partial charge on any atom is 0.694 e. The normalized spacial score (nSPS) is 24.7. The summed E-state index contributed by atoms with van der Waals surface area (Å²) in [6, 6.07) is 0. The molecule has 4 aromatic rings. The van der Waals surface area contributed by atoms with E-state index in [0.29, 0.717) is 59.9 Å². The van der Waals surface area contributed by atoms with E-state index in [0.717, 1.165) is 0 Å². The lowest BCUT2D eigenvalue weighted by Gasteiger charge is -2.15. The van der Waals surface area contributed by atoms with Gasteiger partial charge >= 0.3 is 8.25 Å². The predicted molar refractivity (Wildman–Crippen MR) is 146 cm³/mol. The number of imidazole rings is 2. The highest BCUT2D eigenvalue weighted by atomic mass is 31.1. The number of hydrogen-bond acceptors (Lipinski definition) is 13. The molecular weight excluding hydrogens is 574 g/mol. The summed E-state index contributed by atoms with van der Waals surface area (Å²) < 4.78 is 45.0. The summed E-state index contributed by atoms with van der Waals surface area (Å²) in [4.78, 5) is 34.9. The lowest BCUT2D eigenvalue weighted by atomic mass is 10.2. The van der Waals surface area contributed by atoms with Gasteiger partial charge in [0.25, 0.3) is 0 Å². The maximum atomic E-state index is 14.5. The molecule has 0 amide bonds. The summed E-state index contributed by atoms with van der Waals surface area (Å²) >= 11 is 0. The van der Waals surface area contributed by atoms with Crippen molar-refractivity contribution in [1.29, 1.82) is 0 Å². The summed E-state index contributed by atoms with van der Waals surface area (Å²) in [7, 11) is -2.66. The van der Waals surface area contributed by atoms with Crippen LogP contribution in [0.5, 0.6) is 0 Å². The van der Waals surface area contributed by atoms with Gasteiger partial charge in [-0.25, -0.2) is 34.3 Å². The number of halogens is 1. The highest BCUT2D eigenvalue weighted by Crippen LogP contribution is 2.34. The summed E-state index contributed by atoms with van der Waals surface area (Å²) in [6.45, 7) is 0.712. The van der Waals surface area contributed by atoms with Gasteiger partial charge in [-0.1, -0.05) is 12.2 Å². The zero-order chi connectivity index (χ0) is 29.1. The number of aliphatic hydroxyl groups excluding tert-OH is 1. The second-order valence-corrected chi connectivity index (χ2v) is 10.5. The fourth-order valence-electron chi connectivity index (χ4n) is 5.06. The quantitative estimate of drug-likeness (QED) is 0.135. The highest BCUT2D eigenvalue weighted by molar-refractivity contribution is 7.32. The minimum atomic E-state index is -2.66. The van der Waals surface area contributed by atoms with Gasteiger partial charge < -0.3 is 25.2 Å². The van der Waals surface area contributed by atoms with E-state index in [4.69, 9.17) is 18.9 Å². The van der Waals surface area contributed by atoms with Crippen LogP contribution in [0.15, 0.2) is 37.5 Å². The Morgan fingerprint density at radius 2 is 1.60 bits per heavy atom. The molecule has 18 heteroatoms. The van der Waals surface area contributed by atoms with Gasteiger partial charge in [-0.15, -0.1) is 9.42 Å². The molecule has 2 saturated heterocycles. The highest BCUT2D eigenvalue weighted by Gasteiger charge is 2.37. The first-order valence-corrected chi connectivity index (χ1v) is 14.5. The van der Waals surface area contributed by atoms with Crippen LogP contribution in [0.4, 0.5) is 16.0 Å². The molecular formula is C24H29FN10O6P+. The second-order valence-electron chi connectivity index (χ2n) is 9.73. The van der Waals surface area contributed by atoms with Gasteiger partial charge in [0.1, 0.15) is 31.7 Å². The fourth-order valence-corrected chi connectivity index (χ4v) is 5.36. The fraction of sp³-hybridized carbons (Fsp3) is 0.500. The number of aliphatic hydroxyl groups is 1. The first-order chi connectivity index (χ1) is 20.5. The molecule has 42 heavy (non-hydrogen) atoms. The lowest BCUT2D eigenvalue weighted by Crippen LogP contribution is -2.17. The molecule has 4 N–H and O–H groups in total.